The first-order valence-electron chi connectivity index (χ1n) is 12.6. The van der Waals surface area contributed by atoms with Crippen LogP contribution in [0.4, 0.5) is 22.0 Å². The van der Waals surface area contributed by atoms with E-state index in [1.807, 2.05) is 13.0 Å². The number of hydrogen-bond donors (Lipinski definition) is 0. The minimum atomic E-state index is -4.61. The third-order valence-corrected chi connectivity index (χ3v) is 6.26. The van der Waals surface area contributed by atoms with Crippen molar-refractivity contribution in [2.75, 3.05) is 0 Å². The van der Waals surface area contributed by atoms with Gasteiger partial charge < -0.3 is 0 Å². The van der Waals surface area contributed by atoms with Gasteiger partial charge in [-0.05, 0) is 55.8 Å². The van der Waals surface area contributed by atoms with Gasteiger partial charge in [-0.25, -0.2) is 27.5 Å². The van der Waals surface area contributed by atoms with E-state index < -0.39 is 40.4 Å². The fraction of sp³-hybridized carbons (Fsp3) is 0.103. The first-order chi connectivity index (χ1) is 21.0. The molecular formula is C29H19F5N6O4. The van der Waals surface area contributed by atoms with Crippen molar-refractivity contribution < 1.29 is 31.0 Å². The van der Waals surface area contributed by atoms with Gasteiger partial charge >= 0.3 is 17.7 Å². The third-order valence-electron chi connectivity index (χ3n) is 6.26. The van der Waals surface area contributed by atoms with Crippen LogP contribution in [0.3, 0.4) is 0 Å². The van der Waals surface area contributed by atoms with E-state index in [1.54, 1.807) is 31.2 Å². The first kappa shape index (κ1) is 29.8. The van der Waals surface area contributed by atoms with Gasteiger partial charge in [-0.2, -0.15) is 13.2 Å². The normalized spacial score (nSPS) is 11.2. The standard InChI is InChI=1S/C16H12F3N3O2.C13H7F2N3O2/c1-9-3-4-13(10(2)7-9)22-14(21-24-15(22)23)11-8-20-6-5-12(11)16(17,18)19;14-9-4-1-5-10(15)11(9)12-17-20-13(19)18(12)8-3-2-6-16-7-8/h3-8H,1-2H3;1-7H. The first-order valence-corrected chi connectivity index (χ1v) is 12.6. The summed E-state index contributed by atoms with van der Waals surface area (Å²) in [6.07, 6.45) is 0.304. The number of aryl methyl sites for hydroxylation is 2. The molecule has 0 unspecified atom stereocenters. The fourth-order valence-corrected chi connectivity index (χ4v) is 4.34. The van der Waals surface area contributed by atoms with E-state index in [-0.39, 0.29) is 17.2 Å². The molecule has 0 N–H and O–H groups in total. The van der Waals surface area contributed by atoms with Crippen LogP contribution in [0, 0.1) is 25.5 Å². The number of hydrogen-bond acceptors (Lipinski definition) is 8. The number of pyridine rings is 2. The molecule has 224 valence electrons. The molecule has 0 atom stereocenters. The Labute approximate surface area is 243 Å². The van der Waals surface area contributed by atoms with Crippen LogP contribution in [0.2, 0.25) is 0 Å². The second-order valence-corrected chi connectivity index (χ2v) is 9.23. The van der Waals surface area contributed by atoms with Crippen molar-refractivity contribution in [2.24, 2.45) is 0 Å². The quantitative estimate of drug-likeness (QED) is 0.234. The van der Waals surface area contributed by atoms with Crippen LogP contribution >= 0.6 is 0 Å². The Morgan fingerprint density at radius 1 is 0.750 bits per heavy atom. The third kappa shape index (κ3) is 5.79. The largest absolute Gasteiger partial charge is 0.446 e. The molecule has 0 amide bonds. The number of halogens is 5. The highest BCUT2D eigenvalue weighted by Crippen LogP contribution is 2.36. The maximum atomic E-state index is 13.8. The van der Waals surface area contributed by atoms with Gasteiger partial charge in [0.15, 0.2) is 11.6 Å². The number of benzene rings is 2. The maximum absolute atomic E-state index is 13.8. The Kier molecular flexibility index (Phi) is 8.03. The van der Waals surface area contributed by atoms with Gasteiger partial charge in [0, 0.05) is 18.6 Å². The van der Waals surface area contributed by atoms with E-state index in [4.69, 9.17) is 0 Å². The summed E-state index contributed by atoms with van der Waals surface area (Å²) in [5.74, 6) is -3.89. The molecule has 4 heterocycles. The monoisotopic (exact) mass is 610 g/mol. The number of rotatable bonds is 4. The zero-order valence-electron chi connectivity index (χ0n) is 22.7. The minimum absolute atomic E-state index is 0.243. The lowest BCUT2D eigenvalue weighted by molar-refractivity contribution is -0.137. The Bertz CT molecular complexity index is 2050. The van der Waals surface area contributed by atoms with Gasteiger partial charge in [0.1, 0.15) is 11.6 Å². The lowest BCUT2D eigenvalue weighted by Gasteiger charge is -2.13. The predicted octanol–water partition coefficient (Wildman–Crippen LogP) is 5.69. The Balaban J connectivity index is 0.000000177. The number of alkyl halides is 3. The highest BCUT2D eigenvalue weighted by Gasteiger charge is 2.35. The topological polar surface area (TPSA) is 122 Å². The van der Waals surface area contributed by atoms with Crippen LogP contribution in [-0.4, -0.2) is 29.4 Å². The molecule has 44 heavy (non-hydrogen) atoms. The summed E-state index contributed by atoms with van der Waals surface area (Å²) >= 11 is 0. The Hall–Kier alpha value is -5.73. The molecule has 0 saturated carbocycles. The van der Waals surface area contributed by atoms with Crippen molar-refractivity contribution in [3.8, 4) is 34.2 Å². The zero-order valence-corrected chi connectivity index (χ0v) is 22.7. The summed E-state index contributed by atoms with van der Waals surface area (Å²) in [6, 6.07) is 12.5. The smallest absolute Gasteiger partial charge is 0.295 e. The molecule has 6 aromatic rings. The van der Waals surface area contributed by atoms with Crippen LogP contribution in [0.25, 0.3) is 34.2 Å². The zero-order chi connectivity index (χ0) is 31.6. The summed E-state index contributed by atoms with van der Waals surface area (Å²) in [5.41, 5.74) is 0.677. The summed E-state index contributed by atoms with van der Waals surface area (Å²) < 4.78 is 78.4. The molecule has 0 saturated heterocycles. The van der Waals surface area contributed by atoms with Crippen molar-refractivity contribution >= 4 is 0 Å². The van der Waals surface area contributed by atoms with E-state index in [2.05, 4.69) is 29.3 Å². The van der Waals surface area contributed by atoms with Crippen molar-refractivity contribution in [1.82, 2.24) is 29.4 Å². The summed E-state index contributed by atoms with van der Waals surface area (Å²) in [6.45, 7) is 3.62. The average Bonchev–Trinajstić information content (AvgIpc) is 3.55. The molecule has 0 radical (unpaired) electrons. The molecule has 0 aliphatic rings. The molecule has 4 aromatic heterocycles. The van der Waals surface area contributed by atoms with E-state index in [1.165, 1.54) is 18.5 Å². The van der Waals surface area contributed by atoms with Gasteiger partial charge in [-0.1, -0.05) is 34.1 Å². The SMILES string of the molecule is Cc1ccc(-n2c(-c3cnccc3C(F)(F)F)noc2=O)c(C)c1.O=c1onc(-c2c(F)cccc2F)n1-c1cccnc1. The average molecular weight is 610 g/mol. The predicted molar refractivity (Wildman–Crippen MR) is 145 cm³/mol. The highest BCUT2D eigenvalue weighted by atomic mass is 19.4. The Morgan fingerprint density at radius 3 is 2.05 bits per heavy atom. The number of nitrogens with zero attached hydrogens (tertiary/aromatic N) is 6. The lowest BCUT2D eigenvalue weighted by atomic mass is 10.1. The van der Waals surface area contributed by atoms with Crippen molar-refractivity contribution in [3.63, 3.8) is 0 Å². The van der Waals surface area contributed by atoms with E-state index in [0.717, 1.165) is 45.3 Å². The van der Waals surface area contributed by atoms with Crippen molar-refractivity contribution in [3.05, 3.63) is 129 Å². The van der Waals surface area contributed by atoms with Gasteiger partial charge in [0.25, 0.3) is 0 Å². The van der Waals surface area contributed by atoms with Gasteiger partial charge in [0.05, 0.1) is 34.3 Å². The molecule has 15 heteroatoms. The molecule has 0 spiro atoms. The van der Waals surface area contributed by atoms with Gasteiger partial charge in [-0.3, -0.25) is 19.0 Å². The lowest BCUT2D eigenvalue weighted by Crippen LogP contribution is -2.16. The summed E-state index contributed by atoms with van der Waals surface area (Å²) in [4.78, 5) is 31.3. The van der Waals surface area contributed by atoms with Crippen LogP contribution in [-0.2, 0) is 6.18 Å². The van der Waals surface area contributed by atoms with Crippen LogP contribution in [0.15, 0.2) is 98.0 Å². The van der Waals surface area contributed by atoms with Crippen molar-refractivity contribution in [1.29, 1.82) is 0 Å². The molecule has 0 fully saturated rings. The fourth-order valence-electron chi connectivity index (χ4n) is 4.34. The summed E-state index contributed by atoms with van der Waals surface area (Å²) in [7, 11) is 0. The second-order valence-electron chi connectivity index (χ2n) is 9.23. The van der Waals surface area contributed by atoms with Crippen LogP contribution in [0.5, 0.6) is 0 Å². The maximum Gasteiger partial charge on any atom is 0.446 e. The number of aromatic nitrogens is 6. The highest BCUT2D eigenvalue weighted by molar-refractivity contribution is 5.63. The molecule has 2 aromatic carbocycles. The molecule has 0 aliphatic heterocycles. The molecular weight excluding hydrogens is 591 g/mol. The molecule has 0 aliphatic carbocycles. The second kappa shape index (κ2) is 11.9. The van der Waals surface area contributed by atoms with E-state index in [9.17, 15) is 31.5 Å². The van der Waals surface area contributed by atoms with Crippen molar-refractivity contribution in [2.45, 2.75) is 20.0 Å². The van der Waals surface area contributed by atoms with E-state index in [0.29, 0.717) is 16.9 Å². The molecule has 6 rings (SSSR count). The Morgan fingerprint density at radius 2 is 1.41 bits per heavy atom. The minimum Gasteiger partial charge on any atom is -0.295 e. The van der Waals surface area contributed by atoms with Crippen LogP contribution < -0.4 is 11.5 Å². The van der Waals surface area contributed by atoms with Gasteiger partial charge in [-0.15, -0.1) is 0 Å². The molecule has 10 nitrogen and oxygen atoms in total. The van der Waals surface area contributed by atoms with Gasteiger partial charge in [0.2, 0.25) is 0 Å². The van der Waals surface area contributed by atoms with E-state index >= 15 is 0 Å². The van der Waals surface area contributed by atoms with Crippen LogP contribution in [0.1, 0.15) is 16.7 Å². The summed E-state index contributed by atoms with van der Waals surface area (Å²) in [5, 5.41) is 6.99. The molecule has 0 bridgehead atoms.